The summed E-state index contributed by atoms with van der Waals surface area (Å²) >= 11 is 0. The van der Waals surface area contributed by atoms with Gasteiger partial charge in [-0.05, 0) is 38.5 Å². The number of rotatable bonds is 4. The predicted molar refractivity (Wildman–Crippen MR) is 112 cm³/mol. The minimum Gasteiger partial charge on any atom is -0.389 e. The average molecular weight is 421 g/mol. The van der Waals surface area contributed by atoms with Crippen LogP contribution in [0.3, 0.4) is 0 Å². The molecule has 31 heavy (non-hydrogen) atoms. The molecule has 0 bridgehead atoms. The highest BCUT2D eigenvalue weighted by Crippen LogP contribution is 2.44. The number of anilines is 1. The van der Waals surface area contributed by atoms with Crippen molar-refractivity contribution in [3.05, 3.63) is 60.2 Å². The van der Waals surface area contributed by atoms with Gasteiger partial charge in [0.15, 0.2) is 22.8 Å². The molecule has 0 radical (unpaired) electrons. The molecule has 0 saturated carbocycles. The number of hydrogen-bond donors (Lipinski definition) is 2. The summed E-state index contributed by atoms with van der Waals surface area (Å²) in [6.45, 7) is 5.42. The van der Waals surface area contributed by atoms with Crippen LogP contribution in [0, 0.1) is 0 Å². The van der Waals surface area contributed by atoms with Crippen LogP contribution in [-0.2, 0) is 9.47 Å². The fraction of sp³-hybridized carbons (Fsp3) is 0.364. The average Bonchev–Trinajstić information content (AvgIpc) is 3.39. The van der Waals surface area contributed by atoms with Gasteiger partial charge in [-0.3, -0.25) is 4.79 Å². The lowest BCUT2D eigenvalue weighted by atomic mass is 10.1. The molecule has 9 heteroatoms. The van der Waals surface area contributed by atoms with E-state index >= 15 is 0 Å². The summed E-state index contributed by atoms with van der Waals surface area (Å²) < 4.78 is 14.1. The van der Waals surface area contributed by atoms with E-state index in [0.717, 1.165) is 5.57 Å². The van der Waals surface area contributed by atoms with Gasteiger partial charge in [-0.15, -0.1) is 0 Å². The smallest absolute Gasteiger partial charge is 0.256 e. The summed E-state index contributed by atoms with van der Waals surface area (Å²) in [6.07, 6.45) is 3.64. The summed E-state index contributed by atoms with van der Waals surface area (Å²) in [5.74, 6) is -0.709. The third-order valence-corrected chi connectivity index (χ3v) is 5.59. The number of hydrogen-bond acceptors (Lipinski definition) is 7. The first-order valence-electron chi connectivity index (χ1n) is 10.1. The van der Waals surface area contributed by atoms with Crippen molar-refractivity contribution in [3.63, 3.8) is 0 Å². The van der Waals surface area contributed by atoms with Crippen LogP contribution in [0.1, 0.15) is 37.2 Å². The number of nitrogens with one attached hydrogen (secondary N) is 1. The number of carbonyl (C=O) groups is 1. The molecule has 1 amide bonds. The second-order valence-corrected chi connectivity index (χ2v) is 8.22. The van der Waals surface area contributed by atoms with Gasteiger partial charge in [0.2, 0.25) is 0 Å². The molecule has 9 nitrogen and oxygen atoms in total. The van der Waals surface area contributed by atoms with Crippen LogP contribution < -0.4 is 5.32 Å². The van der Waals surface area contributed by atoms with Crippen LogP contribution in [0.25, 0.3) is 11.2 Å². The molecule has 4 atom stereocenters. The number of aliphatic hydroxyl groups excluding tert-OH is 1. The van der Waals surface area contributed by atoms with E-state index in [1.54, 1.807) is 37.5 Å². The molecular weight excluding hydrogens is 398 g/mol. The third kappa shape index (κ3) is 3.40. The fourth-order valence-electron chi connectivity index (χ4n) is 4.23. The zero-order valence-corrected chi connectivity index (χ0v) is 17.4. The van der Waals surface area contributed by atoms with Gasteiger partial charge < -0.3 is 24.5 Å². The first-order valence-corrected chi connectivity index (χ1v) is 10.1. The Morgan fingerprint density at radius 2 is 1.97 bits per heavy atom. The van der Waals surface area contributed by atoms with E-state index in [2.05, 4.69) is 20.3 Å². The molecular formula is C22H23N5O4. The summed E-state index contributed by atoms with van der Waals surface area (Å²) in [6, 6.07) is 8.63. The Bertz CT molecular complexity index is 1170. The summed E-state index contributed by atoms with van der Waals surface area (Å²) in [4.78, 5) is 25.7. The van der Waals surface area contributed by atoms with Gasteiger partial charge >= 0.3 is 0 Å². The molecule has 1 aliphatic carbocycles. The lowest BCUT2D eigenvalue weighted by Gasteiger charge is -2.22. The van der Waals surface area contributed by atoms with E-state index in [9.17, 15) is 9.90 Å². The van der Waals surface area contributed by atoms with E-state index in [1.165, 1.54) is 6.33 Å². The number of carbonyl (C=O) groups excluding carboxylic acids is 1. The second kappa shape index (κ2) is 7.23. The number of fused-ring (bicyclic) bond motifs is 2. The Morgan fingerprint density at radius 3 is 2.71 bits per heavy atom. The van der Waals surface area contributed by atoms with Crippen LogP contribution in [-0.4, -0.2) is 54.6 Å². The van der Waals surface area contributed by atoms with Crippen molar-refractivity contribution in [2.45, 2.75) is 50.9 Å². The Balaban J connectivity index is 1.51. The maximum atomic E-state index is 12.6. The van der Waals surface area contributed by atoms with E-state index < -0.39 is 11.9 Å². The Kier molecular flexibility index (Phi) is 4.62. The zero-order chi connectivity index (χ0) is 21.8. The van der Waals surface area contributed by atoms with Gasteiger partial charge in [0, 0.05) is 5.56 Å². The van der Waals surface area contributed by atoms with Crippen molar-refractivity contribution in [3.8, 4) is 0 Å². The van der Waals surface area contributed by atoms with Crippen molar-refractivity contribution < 1.29 is 19.4 Å². The second-order valence-electron chi connectivity index (χ2n) is 8.22. The minimum atomic E-state index is -0.762. The van der Waals surface area contributed by atoms with Crippen molar-refractivity contribution in [2.75, 3.05) is 5.32 Å². The highest BCUT2D eigenvalue weighted by molar-refractivity contribution is 6.06. The number of ether oxygens (including phenoxy) is 2. The van der Waals surface area contributed by atoms with Gasteiger partial charge in [-0.25, -0.2) is 15.0 Å². The first-order chi connectivity index (χ1) is 14.8. The van der Waals surface area contributed by atoms with E-state index in [0.29, 0.717) is 22.5 Å². The molecule has 2 aromatic heterocycles. The molecule has 3 aromatic rings. The molecule has 5 rings (SSSR count). The predicted octanol–water partition coefficient (Wildman–Crippen LogP) is 2.46. The quantitative estimate of drug-likeness (QED) is 0.623. The number of imidazole rings is 1. The van der Waals surface area contributed by atoms with Crippen LogP contribution >= 0.6 is 0 Å². The summed E-state index contributed by atoms with van der Waals surface area (Å²) in [7, 11) is 0. The van der Waals surface area contributed by atoms with Gasteiger partial charge in [0.25, 0.3) is 5.91 Å². The Morgan fingerprint density at radius 1 is 1.19 bits per heavy atom. The molecule has 160 valence electrons. The molecule has 2 aliphatic rings. The summed E-state index contributed by atoms with van der Waals surface area (Å²) in [5, 5.41) is 13.1. The van der Waals surface area contributed by atoms with Crippen LogP contribution in [0.2, 0.25) is 0 Å². The van der Waals surface area contributed by atoms with E-state index in [-0.39, 0.29) is 24.2 Å². The normalized spacial score (nSPS) is 25.3. The molecule has 0 unspecified atom stereocenters. The molecule has 3 heterocycles. The largest absolute Gasteiger partial charge is 0.389 e. The van der Waals surface area contributed by atoms with Crippen molar-refractivity contribution >= 4 is 22.9 Å². The first kappa shape index (κ1) is 19.8. The van der Waals surface area contributed by atoms with Crippen molar-refractivity contribution in [1.29, 1.82) is 0 Å². The van der Waals surface area contributed by atoms with Crippen LogP contribution in [0.4, 0.5) is 5.82 Å². The number of aliphatic hydroxyl groups is 1. The zero-order valence-electron chi connectivity index (χ0n) is 17.4. The number of benzene rings is 1. The van der Waals surface area contributed by atoms with Crippen molar-refractivity contribution in [2.24, 2.45) is 0 Å². The molecule has 2 N–H and O–H groups in total. The molecule has 0 spiro atoms. The Labute approximate surface area is 178 Å². The van der Waals surface area contributed by atoms with Gasteiger partial charge in [-0.1, -0.05) is 24.3 Å². The van der Waals surface area contributed by atoms with Crippen LogP contribution in [0.5, 0.6) is 0 Å². The molecule has 1 fully saturated rings. The number of nitrogens with zero attached hydrogens (tertiary/aromatic N) is 4. The standard InChI is InChI=1S/C22H23N5O4/c1-12(28)14-9-15(18-17(14)30-22(2,3)31-18)27-11-25-16-19(23-10-24-20(16)27)26-21(29)13-7-5-4-6-8-13/h4-12,15,17-18,28H,1-3H3,(H,23,24,26,29)/t12-,15-,17-,18+/m1/s1. The van der Waals surface area contributed by atoms with Crippen LogP contribution in [0.15, 0.2) is 54.6 Å². The molecule has 1 saturated heterocycles. The van der Waals surface area contributed by atoms with E-state index in [4.69, 9.17) is 9.47 Å². The van der Waals surface area contributed by atoms with Crippen molar-refractivity contribution in [1.82, 2.24) is 19.5 Å². The molecule has 1 aliphatic heterocycles. The minimum absolute atomic E-state index is 0.269. The SMILES string of the molecule is C[C@@H](O)C1=C[C@@H](n2cnc3c(NC(=O)c4ccccc4)ncnc32)[C@@H]2OC(C)(C)O[C@H]12. The van der Waals surface area contributed by atoms with Gasteiger partial charge in [0.05, 0.1) is 18.5 Å². The monoisotopic (exact) mass is 421 g/mol. The van der Waals surface area contributed by atoms with E-state index in [1.807, 2.05) is 30.6 Å². The highest BCUT2D eigenvalue weighted by Gasteiger charge is 2.51. The number of aromatic nitrogens is 4. The lowest BCUT2D eigenvalue weighted by Crippen LogP contribution is -2.29. The lowest BCUT2D eigenvalue weighted by molar-refractivity contribution is -0.148. The topological polar surface area (TPSA) is 111 Å². The maximum Gasteiger partial charge on any atom is 0.256 e. The third-order valence-electron chi connectivity index (χ3n) is 5.59. The molecule has 1 aromatic carbocycles. The Hall–Kier alpha value is -3.14. The number of amides is 1. The maximum absolute atomic E-state index is 12.6. The van der Waals surface area contributed by atoms with Gasteiger partial charge in [0.1, 0.15) is 18.5 Å². The summed E-state index contributed by atoms with van der Waals surface area (Å²) in [5.41, 5.74) is 2.32. The fourth-order valence-corrected chi connectivity index (χ4v) is 4.23. The highest BCUT2D eigenvalue weighted by atomic mass is 16.8. The van der Waals surface area contributed by atoms with Gasteiger partial charge in [-0.2, -0.15) is 0 Å².